The molecular weight excluding hydrogens is 210 g/mol. The summed E-state index contributed by atoms with van der Waals surface area (Å²) in [6, 6.07) is 10.8. The minimum Gasteiger partial charge on any atom is -0.468 e. The third-order valence-corrected chi connectivity index (χ3v) is 3.25. The summed E-state index contributed by atoms with van der Waals surface area (Å²) in [4.78, 5) is 0. The average molecular weight is 229 g/mol. The van der Waals surface area contributed by atoms with Crippen LogP contribution in [0.2, 0.25) is 0 Å². The molecule has 1 aromatic heterocycles. The van der Waals surface area contributed by atoms with E-state index >= 15 is 0 Å². The lowest BCUT2D eigenvalue weighted by molar-refractivity contribution is 0.429. The molecule has 2 heteroatoms. The summed E-state index contributed by atoms with van der Waals surface area (Å²) in [6.07, 6.45) is 2.67. The van der Waals surface area contributed by atoms with Gasteiger partial charge in [0, 0.05) is 0 Å². The fourth-order valence-electron chi connectivity index (χ4n) is 2.00. The van der Waals surface area contributed by atoms with E-state index < -0.39 is 0 Å². The largest absolute Gasteiger partial charge is 0.468 e. The average Bonchev–Trinajstić information content (AvgIpc) is 2.84. The molecular formula is C15H19NO. The first-order valence-electron chi connectivity index (χ1n) is 5.97. The summed E-state index contributed by atoms with van der Waals surface area (Å²) >= 11 is 0. The summed E-state index contributed by atoms with van der Waals surface area (Å²) < 4.78 is 5.45. The second-order valence-electron chi connectivity index (χ2n) is 4.48. The van der Waals surface area contributed by atoms with Gasteiger partial charge in [0.05, 0.1) is 12.3 Å². The number of rotatable bonds is 4. The summed E-state index contributed by atoms with van der Waals surface area (Å²) in [7, 11) is 1.97. The van der Waals surface area contributed by atoms with Crippen molar-refractivity contribution in [2.24, 2.45) is 0 Å². The highest BCUT2D eigenvalue weighted by Gasteiger charge is 2.12. The van der Waals surface area contributed by atoms with Gasteiger partial charge in [0.1, 0.15) is 5.76 Å². The van der Waals surface area contributed by atoms with Gasteiger partial charge in [-0.25, -0.2) is 0 Å². The molecule has 2 nitrogen and oxygen atoms in total. The van der Waals surface area contributed by atoms with Gasteiger partial charge in [0.15, 0.2) is 0 Å². The van der Waals surface area contributed by atoms with Crippen molar-refractivity contribution in [1.82, 2.24) is 5.32 Å². The van der Waals surface area contributed by atoms with Crippen LogP contribution in [0.25, 0.3) is 0 Å². The third kappa shape index (κ3) is 2.77. The van der Waals surface area contributed by atoms with Crippen LogP contribution in [0.1, 0.15) is 28.5 Å². The molecule has 0 radical (unpaired) electrons. The highest BCUT2D eigenvalue weighted by molar-refractivity contribution is 5.30. The van der Waals surface area contributed by atoms with Crippen LogP contribution in [0.3, 0.4) is 0 Å². The fraction of sp³-hybridized carbons (Fsp3) is 0.333. The standard InChI is InChI=1S/C15H19NO/c1-11-6-7-13(9-12(11)2)10-14(16-3)15-5-4-8-17-15/h4-9,14,16H,10H2,1-3H3. The molecule has 0 aliphatic rings. The second kappa shape index (κ2) is 5.19. The molecule has 17 heavy (non-hydrogen) atoms. The van der Waals surface area contributed by atoms with Crippen LogP contribution in [-0.4, -0.2) is 7.05 Å². The molecule has 0 bridgehead atoms. The Morgan fingerprint density at radius 2 is 2.00 bits per heavy atom. The summed E-state index contributed by atoms with van der Waals surface area (Å²) in [5, 5.41) is 3.29. The van der Waals surface area contributed by atoms with E-state index in [2.05, 4.69) is 37.4 Å². The maximum absolute atomic E-state index is 5.45. The van der Waals surface area contributed by atoms with Gasteiger partial charge in [-0.1, -0.05) is 18.2 Å². The Morgan fingerprint density at radius 3 is 2.59 bits per heavy atom. The van der Waals surface area contributed by atoms with E-state index in [1.165, 1.54) is 16.7 Å². The van der Waals surface area contributed by atoms with Crippen LogP contribution in [-0.2, 0) is 6.42 Å². The lowest BCUT2D eigenvalue weighted by Crippen LogP contribution is -2.18. The van der Waals surface area contributed by atoms with Crippen molar-refractivity contribution in [2.75, 3.05) is 7.05 Å². The number of benzene rings is 1. The highest BCUT2D eigenvalue weighted by atomic mass is 16.3. The molecule has 0 amide bonds. The third-order valence-electron chi connectivity index (χ3n) is 3.25. The van der Waals surface area contributed by atoms with Crippen molar-refractivity contribution < 1.29 is 4.42 Å². The molecule has 0 fully saturated rings. The Labute approximate surface area is 103 Å². The molecule has 0 aliphatic heterocycles. The van der Waals surface area contributed by atoms with Crippen LogP contribution in [0.5, 0.6) is 0 Å². The molecule has 2 aromatic rings. The Hall–Kier alpha value is -1.54. The van der Waals surface area contributed by atoms with Crippen molar-refractivity contribution in [3.05, 3.63) is 59.0 Å². The lowest BCUT2D eigenvalue weighted by atomic mass is 10.00. The molecule has 0 aliphatic carbocycles. The topological polar surface area (TPSA) is 25.2 Å². The van der Waals surface area contributed by atoms with Gasteiger partial charge in [0.2, 0.25) is 0 Å². The van der Waals surface area contributed by atoms with Gasteiger partial charge in [-0.15, -0.1) is 0 Å². The highest BCUT2D eigenvalue weighted by Crippen LogP contribution is 2.20. The number of aryl methyl sites for hydroxylation is 2. The zero-order valence-corrected chi connectivity index (χ0v) is 10.7. The maximum atomic E-state index is 5.45. The Morgan fingerprint density at radius 1 is 1.18 bits per heavy atom. The number of hydrogen-bond donors (Lipinski definition) is 1. The molecule has 1 heterocycles. The number of hydrogen-bond acceptors (Lipinski definition) is 2. The van der Waals surface area contributed by atoms with E-state index in [4.69, 9.17) is 4.42 Å². The predicted molar refractivity (Wildman–Crippen MR) is 70.1 cm³/mol. The van der Waals surface area contributed by atoms with Gasteiger partial charge in [-0.3, -0.25) is 0 Å². The Balaban J connectivity index is 2.16. The van der Waals surface area contributed by atoms with Gasteiger partial charge in [0.25, 0.3) is 0 Å². The van der Waals surface area contributed by atoms with Gasteiger partial charge in [-0.05, 0) is 56.1 Å². The van der Waals surface area contributed by atoms with E-state index in [1.54, 1.807) is 6.26 Å². The number of likely N-dealkylation sites (N-methyl/N-ethyl adjacent to an activating group) is 1. The van der Waals surface area contributed by atoms with E-state index in [1.807, 2.05) is 19.2 Å². The van der Waals surface area contributed by atoms with Crippen molar-refractivity contribution in [2.45, 2.75) is 26.3 Å². The molecule has 0 saturated carbocycles. The van der Waals surface area contributed by atoms with Crippen LogP contribution in [0, 0.1) is 13.8 Å². The van der Waals surface area contributed by atoms with Crippen LogP contribution in [0.4, 0.5) is 0 Å². The molecule has 1 aromatic carbocycles. The quantitative estimate of drug-likeness (QED) is 0.869. The van der Waals surface area contributed by atoms with Gasteiger partial charge in [-0.2, -0.15) is 0 Å². The van der Waals surface area contributed by atoms with Crippen molar-refractivity contribution in [3.8, 4) is 0 Å². The zero-order valence-electron chi connectivity index (χ0n) is 10.7. The van der Waals surface area contributed by atoms with Gasteiger partial charge >= 0.3 is 0 Å². The minimum atomic E-state index is 0.243. The van der Waals surface area contributed by atoms with E-state index in [9.17, 15) is 0 Å². The second-order valence-corrected chi connectivity index (χ2v) is 4.48. The van der Waals surface area contributed by atoms with Crippen molar-refractivity contribution in [3.63, 3.8) is 0 Å². The summed E-state index contributed by atoms with van der Waals surface area (Å²) in [5.41, 5.74) is 4.02. The molecule has 2 rings (SSSR count). The SMILES string of the molecule is CNC(Cc1ccc(C)c(C)c1)c1ccco1. The number of furan rings is 1. The summed E-state index contributed by atoms with van der Waals surface area (Å²) in [5.74, 6) is 0.991. The van der Waals surface area contributed by atoms with E-state index in [-0.39, 0.29) is 6.04 Å². The Kier molecular flexibility index (Phi) is 3.64. The first kappa shape index (κ1) is 11.9. The van der Waals surface area contributed by atoms with Crippen molar-refractivity contribution in [1.29, 1.82) is 0 Å². The normalized spacial score (nSPS) is 12.6. The van der Waals surface area contributed by atoms with E-state index in [0.29, 0.717) is 0 Å². The zero-order chi connectivity index (χ0) is 12.3. The molecule has 0 spiro atoms. The van der Waals surface area contributed by atoms with Crippen LogP contribution < -0.4 is 5.32 Å². The molecule has 1 unspecified atom stereocenters. The monoisotopic (exact) mass is 229 g/mol. The first-order chi connectivity index (χ1) is 8.20. The fourth-order valence-corrected chi connectivity index (χ4v) is 2.00. The molecule has 1 atom stereocenters. The van der Waals surface area contributed by atoms with Crippen molar-refractivity contribution >= 4 is 0 Å². The van der Waals surface area contributed by atoms with Crippen LogP contribution >= 0.6 is 0 Å². The smallest absolute Gasteiger partial charge is 0.121 e. The molecule has 1 N–H and O–H groups in total. The minimum absolute atomic E-state index is 0.243. The molecule has 0 saturated heterocycles. The van der Waals surface area contributed by atoms with Crippen LogP contribution in [0.15, 0.2) is 41.0 Å². The number of nitrogens with one attached hydrogen (secondary N) is 1. The van der Waals surface area contributed by atoms with E-state index in [0.717, 1.165) is 12.2 Å². The Bertz CT molecular complexity index is 474. The lowest BCUT2D eigenvalue weighted by Gasteiger charge is -2.14. The summed E-state index contributed by atoms with van der Waals surface area (Å²) in [6.45, 7) is 4.29. The maximum Gasteiger partial charge on any atom is 0.121 e. The van der Waals surface area contributed by atoms with Gasteiger partial charge < -0.3 is 9.73 Å². The molecule has 90 valence electrons. The predicted octanol–water partition coefficient (Wildman–Crippen LogP) is 3.40. The first-order valence-corrected chi connectivity index (χ1v) is 5.97.